The van der Waals surface area contributed by atoms with Crippen molar-refractivity contribution in [2.45, 2.75) is 0 Å². The summed E-state index contributed by atoms with van der Waals surface area (Å²) in [6.07, 6.45) is 1.13. The van der Waals surface area contributed by atoms with Gasteiger partial charge in [-0.05, 0) is 18.2 Å². The third-order valence-corrected chi connectivity index (χ3v) is 2.63. The molecule has 1 atom stereocenters. The first-order valence-electron chi connectivity index (χ1n) is 6.27. The van der Waals surface area contributed by atoms with Crippen LogP contribution in [0, 0.1) is 11.0 Å². The summed E-state index contributed by atoms with van der Waals surface area (Å²) in [7, 11) is 0. The Bertz CT molecular complexity index is 689. The van der Waals surface area contributed by atoms with Crippen LogP contribution in [0.5, 0.6) is 0 Å². The zero-order valence-corrected chi connectivity index (χ0v) is 11.4. The van der Waals surface area contributed by atoms with E-state index in [2.05, 4.69) is 15.5 Å². The van der Waals surface area contributed by atoms with Crippen LogP contribution >= 0.6 is 0 Å². The molecule has 8 heteroatoms. The van der Waals surface area contributed by atoms with Crippen molar-refractivity contribution in [3.63, 3.8) is 0 Å². The Morgan fingerprint density at radius 1 is 1.27 bits per heavy atom. The highest BCUT2D eigenvalue weighted by Crippen LogP contribution is 2.10. The highest BCUT2D eigenvalue weighted by Gasteiger charge is 2.05. The minimum atomic E-state index is -1.15. The maximum Gasteiger partial charge on any atom is 0.214 e. The summed E-state index contributed by atoms with van der Waals surface area (Å²) in [6.45, 7) is 0. The number of hydrogen-bond donors (Lipinski definition) is 4. The van der Waals surface area contributed by atoms with Crippen LogP contribution < -0.4 is 16.4 Å². The number of halogens is 1. The van der Waals surface area contributed by atoms with Gasteiger partial charge in [-0.25, -0.2) is 20.0 Å². The minimum absolute atomic E-state index is 0.0252. The molecule has 0 radical (unpaired) electrons. The molecule has 1 unspecified atom stereocenters. The predicted molar refractivity (Wildman–Crippen MR) is 80.6 cm³/mol. The summed E-state index contributed by atoms with van der Waals surface area (Å²) >= 11 is 0. The van der Waals surface area contributed by atoms with Gasteiger partial charge >= 0.3 is 0 Å². The molecule has 0 bridgehead atoms. The molecule has 7 nitrogen and oxygen atoms in total. The second-order valence-electron chi connectivity index (χ2n) is 4.24. The fourth-order valence-electron chi connectivity index (χ4n) is 1.61. The number of aliphatic imine (C=N–C) groups is 1. The third-order valence-electron chi connectivity index (χ3n) is 2.63. The molecule has 114 valence electrons. The van der Waals surface area contributed by atoms with Gasteiger partial charge in [0.25, 0.3) is 0 Å². The summed E-state index contributed by atoms with van der Waals surface area (Å²) < 4.78 is 13.5. The number of hydrazone groups is 1. The van der Waals surface area contributed by atoms with Gasteiger partial charge in [0.1, 0.15) is 5.82 Å². The number of rotatable bonds is 4. The van der Waals surface area contributed by atoms with Crippen LogP contribution in [0.25, 0.3) is 0 Å². The van der Waals surface area contributed by atoms with E-state index < -0.39 is 11.0 Å². The number of guanidine groups is 1. The zero-order valence-electron chi connectivity index (χ0n) is 11.4. The van der Waals surface area contributed by atoms with E-state index in [9.17, 15) is 9.60 Å². The Morgan fingerprint density at radius 2 is 2.00 bits per heavy atom. The number of benzene rings is 2. The van der Waals surface area contributed by atoms with E-state index in [1.54, 1.807) is 12.1 Å². The molecule has 0 spiro atoms. The van der Waals surface area contributed by atoms with Gasteiger partial charge < -0.3 is 10.9 Å². The molecule has 0 aromatic heterocycles. The first-order chi connectivity index (χ1) is 10.6. The standard InChI is InChI=1S/C14H14FN5O2/c15-13-7-6-12(20(21)22)8-10(13)9-17-19-14(16)18-11-4-2-1-3-5-11/h1-9,20-21H,(H3,16,18,19)/b17-9+. The van der Waals surface area contributed by atoms with E-state index >= 15 is 0 Å². The topological polar surface area (TPSA) is 110 Å². The van der Waals surface area contributed by atoms with Crippen LogP contribution in [0.1, 0.15) is 5.56 Å². The fraction of sp³-hybridized carbons (Fsp3) is 0. The normalized spacial score (nSPS) is 13.3. The van der Waals surface area contributed by atoms with Gasteiger partial charge in [-0.3, -0.25) is 0 Å². The van der Waals surface area contributed by atoms with E-state index in [1.165, 1.54) is 12.1 Å². The van der Waals surface area contributed by atoms with Crippen LogP contribution in [0.15, 0.2) is 58.6 Å². The first kappa shape index (κ1) is 15.6. The molecule has 0 aliphatic carbocycles. The lowest BCUT2D eigenvalue weighted by atomic mass is 10.2. The smallest absolute Gasteiger partial charge is 0.214 e. The van der Waals surface area contributed by atoms with E-state index in [0.29, 0.717) is 5.69 Å². The molecule has 5 N–H and O–H groups in total. The van der Waals surface area contributed by atoms with Gasteiger partial charge in [0.05, 0.1) is 11.9 Å². The highest BCUT2D eigenvalue weighted by atomic mass is 19.1. The second-order valence-corrected chi connectivity index (χ2v) is 4.24. The second kappa shape index (κ2) is 7.27. The molecule has 2 rings (SSSR count). The molecule has 2 aromatic carbocycles. The molecular formula is C14H14FN5O2. The quantitative estimate of drug-likeness (QED) is 0.380. The number of nitrogens with two attached hydrogens (primary N) is 1. The highest BCUT2D eigenvalue weighted by molar-refractivity contribution is 5.85. The largest absolute Gasteiger partial charge is 0.595 e. The van der Waals surface area contributed by atoms with Crippen molar-refractivity contribution in [3.05, 3.63) is 65.1 Å². The van der Waals surface area contributed by atoms with Crippen molar-refractivity contribution in [1.82, 2.24) is 5.43 Å². The Labute approximate surface area is 125 Å². The summed E-state index contributed by atoms with van der Waals surface area (Å²) in [6, 6.07) is 12.4. The summed E-state index contributed by atoms with van der Waals surface area (Å²) in [5.41, 5.74) is 8.70. The molecule has 0 saturated carbocycles. The van der Waals surface area contributed by atoms with Crippen molar-refractivity contribution in [2.24, 2.45) is 15.8 Å². The summed E-state index contributed by atoms with van der Waals surface area (Å²) in [4.78, 5) is 4.04. The maximum atomic E-state index is 13.5. The van der Waals surface area contributed by atoms with E-state index in [1.807, 2.05) is 18.2 Å². The molecule has 22 heavy (non-hydrogen) atoms. The lowest BCUT2D eigenvalue weighted by molar-refractivity contribution is -0.991. The maximum absolute atomic E-state index is 13.5. The van der Waals surface area contributed by atoms with Crippen molar-refractivity contribution >= 4 is 23.5 Å². The van der Waals surface area contributed by atoms with Gasteiger partial charge in [0.15, 0.2) is 5.69 Å². The molecule has 0 heterocycles. The molecular weight excluding hydrogens is 289 g/mol. The van der Waals surface area contributed by atoms with E-state index in [-0.39, 0.29) is 17.2 Å². The van der Waals surface area contributed by atoms with Crippen LogP contribution in [0.3, 0.4) is 0 Å². The van der Waals surface area contributed by atoms with Crippen molar-refractivity contribution in [3.8, 4) is 0 Å². The number of hydrogen-bond acceptors (Lipinski definition) is 4. The minimum Gasteiger partial charge on any atom is -0.595 e. The van der Waals surface area contributed by atoms with Gasteiger partial charge in [0.2, 0.25) is 5.96 Å². The number of nitrogens with one attached hydrogen (secondary N) is 2. The average Bonchev–Trinajstić information content (AvgIpc) is 2.50. The Hall–Kier alpha value is -2.81. The van der Waals surface area contributed by atoms with Crippen molar-refractivity contribution < 1.29 is 14.8 Å². The summed E-state index contributed by atoms with van der Waals surface area (Å²) in [5, 5.41) is 22.3. The van der Waals surface area contributed by atoms with E-state index in [4.69, 9.17) is 10.9 Å². The Balaban J connectivity index is 2.06. The van der Waals surface area contributed by atoms with Gasteiger partial charge in [-0.15, -0.1) is 0 Å². The molecule has 0 fully saturated rings. The van der Waals surface area contributed by atoms with Crippen LogP contribution in [0.4, 0.5) is 15.8 Å². The SMILES string of the molecule is NC(=Nc1ccccc1)N/N=C/c1cc([NH+]([O-])O)ccc1F. The average molecular weight is 303 g/mol. The Kier molecular flexibility index (Phi) is 5.15. The van der Waals surface area contributed by atoms with Crippen LogP contribution in [-0.2, 0) is 0 Å². The number of quaternary nitrogens is 1. The van der Waals surface area contributed by atoms with Crippen molar-refractivity contribution in [1.29, 1.82) is 0 Å². The van der Waals surface area contributed by atoms with Crippen molar-refractivity contribution in [2.75, 3.05) is 0 Å². The summed E-state index contributed by atoms with van der Waals surface area (Å²) in [5.74, 6) is -0.564. The van der Waals surface area contributed by atoms with Crippen LogP contribution in [0.2, 0.25) is 0 Å². The molecule has 0 saturated heterocycles. The number of nitrogens with zero attached hydrogens (tertiary/aromatic N) is 2. The third kappa shape index (κ3) is 4.35. The number of para-hydroxylation sites is 1. The Morgan fingerprint density at radius 3 is 2.68 bits per heavy atom. The lowest BCUT2D eigenvalue weighted by Gasteiger charge is -2.11. The zero-order chi connectivity index (χ0) is 15.9. The monoisotopic (exact) mass is 303 g/mol. The van der Waals surface area contributed by atoms with Gasteiger partial charge in [-0.2, -0.15) is 10.3 Å². The van der Waals surface area contributed by atoms with Gasteiger partial charge in [-0.1, -0.05) is 18.2 Å². The predicted octanol–water partition coefficient (Wildman–Crippen LogP) is 0.799. The molecule has 2 aromatic rings. The molecule has 0 aliphatic rings. The van der Waals surface area contributed by atoms with E-state index in [0.717, 1.165) is 12.3 Å². The molecule has 0 amide bonds. The van der Waals surface area contributed by atoms with Crippen LogP contribution in [-0.4, -0.2) is 17.4 Å². The van der Waals surface area contributed by atoms with Gasteiger partial charge in [0, 0.05) is 17.7 Å². The lowest BCUT2D eigenvalue weighted by Crippen LogP contribution is -2.99. The fourth-order valence-corrected chi connectivity index (χ4v) is 1.61. The first-order valence-corrected chi connectivity index (χ1v) is 6.27. The molecule has 0 aliphatic heterocycles.